The molecule has 0 amide bonds. The molecule has 6 nitrogen and oxygen atoms in total. The molecule has 0 aliphatic carbocycles. The highest BCUT2D eigenvalue weighted by atomic mass is 127. The van der Waals surface area contributed by atoms with Crippen molar-refractivity contribution in [2.24, 2.45) is 4.99 Å². The van der Waals surface area contributed by atoms with Gasteiger partial charge in [0.2, 0.25) is 0 Å². The van der Waals surface area contributed by atoms with Crippen molar-refractivity contribution in [1.82, 2.24) is 20.2 Å². The summed E-state index contributed by atoms with van der Waals surface area (Å²) in [5.41, 5.74) is 2.31. The quantitative estimate of drug-likeness (QED) is 0.269. The molecule has 2 N–H and O–H groups in total. The fourth-order valence-corrected chi connectivity index (χ4v) is 2.65. The minimum absolute atomic E-state index is 0. The first-order valence-corrected chi connectivity index (χ1v) is 8.70. The van der Waals surface area contributed by atoms with Gasteiger partial charge < -0.3 is 19.9 Å². The zero-order valence-corrected chi connectivity index (χ0v) is 18.4. The number of aliphatic imine (C=N–C) groups is 1. The van der Waals surface area contributed by atoms with Crippen LogP contribution >= 0.6 is 24.0 Å². The number of hydrogen-bond donors (Lipinski definition) is 2. The summed E-state index contributed by atoms with van der Waals surface area (Å²) in [6.07, 6.45) is 6.05. The van der Waals surface area contributed by atoms with Gasteiger partial charge in [0.05, 0.1) is 7.11 Å². The van der Waals surface area contributed by atoms with Crippen LogP contribution in [0.1, 0.15) is 29.8 Å². The topological polar surface area (TPSA) is 63.5 Å². The van der Waals surface area contributed by atoms with E-state index in [0.29, 0.717) is 6.54 Å². The number of imidazole rings is 1. The highest BCUT2D eigenvalue weighted by Crippen LogP contribution is 2.19. The maximum Gasteiger partial charge on any atom is 0.191 e. The summed E-state index contributed by atoms with van der Waals surface area (Å²) in [6.45, 7) is 6.66. The largest absolute Gasteiger partial charge is 0.496 e. The van der Waals surface area contributed by atoms with Crippen LogP contribution in [0.15, 0.2) is 35.6 Å². The fraction of sp³-hybridized carbons (Fsp3) is 0.474. The summed E-state index contributed by atoms with van der Waals surface area (Å²) in [5.74, 6) is 2.78. The predicted molar refractivity (Wildman–Crippen MR) is 118 cm³/mol. The van der Waals surface area contributed by atoms with Gasteiger partial charge in [0.25, 0.3) is 0 Å². The normalized spacial score (nSPS) is 11.0. The number of aromatic nitrogens is 2. The molecule has 0 atom stereocenters. The van der Waals surface area contributed by atoms with Crippen molar-refractivity contribution >= 4 is 29.9 Å². The van der Waals surface area contributed by atoms with Crippen LogP contribution in [-0.2, 0) is 13.1 Å². The van der Waals surface area contributed by atoms with E-state index in [-0.39, 0.29) is 24.0 Å². The first kappa shape index (κ1) is 22.3. The van der Waals surface area contributed by atoms with Crippen molar-refractivity contribution in [3.8, 4) is 5.75 Å². The Labute approximate surface area is 173 Å². The lowest BCUT2D eigenvalue weighted by Crippen LogP contribution is -2.37. The van der Waals surface area contributed by atoms with Gasteiger partial charge in [-0.05, 0) is 38.3 Å². The molecular formula is C19H30IN5O. The number of hydrogen-bond acceptors (Lipinski definition) is 3. The van der Waals surface area contributed by atoms with Crippen LogP contribution in [0.4, 0.5) is 0 Å². The first-order valence-electron chi connectivity index (χ1n) is 8.70. The molecule has 7 heteroatoms. The molecule has 0 bridgehead atoms. The molecule has 0 aliphatic rings. The average molecular weight is 471 g/mol. The van der Waals surface area contributed by atoms with Crippen molar-refractivity contribution in [3.05, 3.63) is 47.5 Å². The number of nitrogens with zero attached hydrogens (tertiary/aromatic N) is 3. The molecule has 0 fully saturated rings. The number of benzene rings is 1. The van der Waals surface area contributed by atoms with Crippen molar-refractivity contribution in [2.45, 2.75) is 39.8 Å². The van der Waals surface area contributed by atoms with E-state index >= 15 is 0 Å². The zero-order chi connectivity index (χ0) is 18.1. The van der Waals surface area contributed by atoms with Gasteiger partial charge >= 0.3 is 0 Å². The van der Waals surface area contributed by atoms with Crippen molar-refractivity contribution in [3.63, 3.8) is 0 Å². The Balaban J connectivity index is 0.00000338. The van der Waals surface area contributed by atoms with Gasteiger partial charge in [-0.3, -0.25) is 4.99 Å². The van der Waals surface area contributed by atoms with Crippen LogP contribution in [-0.4, -0.2) is 36.2 Å². The lowest BCUT2D eigenvalue weighted by atomic mass is 10.1. The van der Waals surface area contributed by atoms with Crippen molar-refractivity contribution < 1.29 is 4.74 Å². The number of unbranched alkanes of at least 4 members (excludes halogenated alkanes) is 1. The third-order valence-electron chi connectivity index (χ3n) is 4.15. The number of methoxy groups -OCH3 is 1. The van der Waals surface area contributed by atoms with E-state index in [2.05, 4.69) is 44.2 Å². The summed E-state index contributed by atoms with van der Waals surface area (Å²) in [6, 6.07) is 6.22. The molecule has 0 unspecified atom stereocenters. The van der Waals surface area contributed by atoms with E-state index in [9.17, 15) is 0 Å². The molecule has 144 valence electrons. The minimum atomic E-state index is 0. The van der Waals surface area contributed by atoms with Crippen molar-refractivity contribution in [1.29, 1.82) is 0 Å². The van der Waals surface area contributed by atoms with Crippen LogP contribution in [0.5, 0.6) is 5.75 Å². The van der Waals surface area contributed by atoms with Gasteiger partial charge in [-0.1, -0.05) is 12.1 Å². The summed E-state index contributed by atoms with van der Waals surface area (Å²) < 4.78 is 7.62. The Kier molecular flexibility index (Phi) is 10.1. The molecule has 2 rings (SSSR count). The molecule has 0 radical (unpaired) electrons. The standard InChI is InChI=1S/C19H29N5O.HI/c1-15-7-8-17(18(13-15)25-4)14-23-19(20-3)22-9-5-6-11-24-12-10-21-16(24)2;/h7-8,10,12-13H,5-6,9,11,14H2,1-4H3,(H2,20,22,23);1H. The smallest absolute Gasteiger partial charge is 0.191 e. The fourth-order valence-electron chi connectivity index (χ4n) is 2.65. The number of halogens is 1. The summed E-state index contributed by atoms with van der Waals surface area (Å²) in [7, 11) is 3.49. The van der Waals surface area contributed by atoms with Crippen LogP contribution in [0, 0.1) is 13.8 Å². The van der Waals surface area contributed by atoms with Crippen molar-refractivity contribution in [2.75, 3.05) is 20.7 Å². The molecule has 0 spiro atoms. The second kappa shape index (κ2) is 11.8. The molecule has 0 saturated heterocycles. The number of nitrogens with one attached hydrogen (secondary N) is 2. The molecule has 0 saturated carbocycles. The third kappa shape index (κ3) is 6.86. The predicted octanol–water partition coefficient (Wildman–Crippen LogP) is 3.27. The molecule has 0 aliphatic heterocycles. The Bertz CT molecular complexity index is 699. The van der Waals surface area contributed by atoms with Gasteiger partial charge in [0, 0.05) is 44.6 Å². The van der Waals surface area contributed by atoms with E-state index < -0.39 is 0 Å². The Morgan fingerprint density at radius 1 is 1.23 bits per heavy atom. The second-order valence-electron chi connectivity index (χ2n) is 6.04. The van der Waals surface area contributed by atoms with E-state index in [1.54, 1.807) is 14.2 Å². The molecule has 1 heterocycles. The monoisotopic (exact) mass is 471 g/mol. The zero-order valence-electron chi connectivity index (χ0n) is 16.1. The van der Waals surface area contributed by atoms with Gasteiger partial charge in [-0.15, -0.1) is 24.0 Å². The summed E-state index contributed by atoms with van der Waals surface area (Å²) in [5, 5.41) is 6.69. The number of guanidine groups is 1. The second-order valence-corrected chi connectivity index (χ2v) is 6.04. The molecule has 2 aromatic rings. The highest BCUT2D eigenvalue weighted by molar-refractivity contribution is 14.0. The summed E-state index contributed by atoms with van der Waals surface area (Å²) >= 11 is 0. The summed E-state index contributed by atoms with van der Waals surface area (Å²) in [4.78, 5) is 8.51. The van der Waals surface area contributed by atoms with Gasteiger partial charge in [0.15, 0.2) is 5.96 Å². The lowest BCUT2D eigenvalue weighted by Gasteiger charge is -2.14. The van der Waals surface area contributed by atoms with Crippen LogP contribution < -0.4 is 15.4 Å². The van der Waals surface area contributed by atoms with Gasteiger partial charge in [-0.25, -0.2) is 4.98 Å². The SMILES string of the molecule is CN=C(NCCCCn1ccnc1C)NCc1ccc(C)cc1OC.I. The van der Waals surface area contributed by atoms with E-state index in [4.69, 9.17) is 4.74 Å². The first-order chi connectivity index (χ1) is 12.1. The molecule has 26 heavy (non-hydrogen) atoms. The lowest BCUT2D eigenvalue weighted by molar-refractivity contribution is 0.408. The number of aryl methyl sites for hydroxylation is 3. The highest BCUT2D eigenvalue weighted by Gasteiger charge is 2.04. The Morgan fingerprint density at radius 3 is 2.69 bits per heavy atom. The molecular weight excluding hydrogens is 441 g/mol. The number of ether oxygens (including phenoxy) is 1. The van der Waals surface area contributed by atoms with Gasteiger partial charge in [0.1, 0.15) is 11.6 Å². The Morgan fingerprint density at radius 2 is 2.04 bits per heavy atom. The van der Waals surface area contributed by atoms with Gasteiger partial charge in [-0.2, -0.15) is 0 Å². The molecule has 1 aromatic carbocycles. The van der Waals surface area contributed by atoms with E-state index in [1.165, 1.54) is 5.56 Å². The average Bonchev–Trinajstić information content (AvgIpc) is 3.03. The number of rotatable bonds is 8. The van der Waals surface area contributed by atoms with Crippen LogP contribution in [0.2, 0.25) is 0 Å². The van der Waals surface area contributed by atoms with E-state index in [1.807, 2.05) is 25.4 Å². The van der Waals surface area contributed by atoms with Crippen LogP contribution in [0.25, 0.3) is 0 Å². The third-order valence-corrected chi connectivity index (χ3v) is 4.15. The maximum atomic E-state index is 5.44. The van der Waals surface area contributed by atoms with Crippen LogP contribution in [0.3, 0.4) is 0 Å². The maximum absolute atomic E-state index is 5.44. The minimum Gasteiger partial charge on any atom is -0.496 e. The Hall–Kier alpha value is -1.77. The van der Waals surface area contributed by atoms with E-state index in [0.717, 1.165) is 49.0 Å². The molecule has 1 aromatic heterocycles.